The Morgan fingerprint density at radius 3 is 2.75 bits per heavy atom. The van der Waals surface area contributed by atoms with E-state index in [4.69, 9.17) is 4.52 Å². The number of benzene rings is 1. The Labute approximate surface area is 164 Å². The van der Waals surface area contributed by atoms with Crippen molar-refractivity contribution in [2.45, 2.75) is 51.0 Å². The molecule has 0 saturated heterocycles. The quantitative estimate of drug-likeness (QED) is 0.681. The summed E-state index contributed by atoms with van der Waals surface area (Å²) in [5.74, 6) is 1.86. The van der Waals surface area contributed by atoms with E-state index in [2.05, 4.69) is 46.5 Å². The number of hydrogen-bond acceptors (Lipinski definition) is 5. The van der Waals surface area contributed by atoms with Crippen molar-refractivity contribution in [1.82, 2.24) is 25.2 Å². The normalized spacial score (nSPS) is 18.4. The zero-order valence-electron chi connectivity index (χ0n) is 16.4. The third-order valence-electron chi connectivity index (χ3n) is 5.12. The van der Waals surface area contributed by atoms with Crippen LogP contribution < -0.4 is 5.32 Å². The molecule has 146 valence electrons. The van der Waals surface area contributed by atoms with Crippen molar-refractivity contribution in [3.8, 4) is 11.4 Å². The molecular weight excluding hydrogens is 354 g/mol. The molecule has 2 heterocycles. The maximum absolute atomic E-state index is 12.2. The standard InChI is InChI=1S/C21H25N5O2/c1-13(2)14-4-6-15(7-5-14)21-23-20(28-25-21)9-8-19(27)22-18-12-16(18)17-10-11-26(3)24-17/h4-7,10-11,13,16,18H,8-9,12H2,1-3H3,(H,22,27)/t16-,18+/m0/s1. The molecule has 7 heteroatoms. The smallest absolute Gasteiger partial charge is 0.227 e. The molecule has 2 atom stereocenters. The van der Waals surface area contributed by atoms with Crippen LogP contribution in [0.15, 0.2) is 41.1 Å². The van der Waals surface area contributed by atoms with Gasteiger partial charge in [0.2, 0.25) is 17.6 Å². The lowest BCUT2D eigenvalue weighted by Gasteiger charge is -2.04. The number of nitrogens with zero attached hydrogens (tertiary/aromatic N) is 4. The molecule has 7 nitrogen and oxygen atoms in total. The van der Waals surface area contributed by atoms with Gasteiger partial charge in [-0.3, -0.25) is 9.48 Å². The van der Waals surface area contributed by atoms with Crippen LogP contribution >= 0.6 is 0 Å². The van der Waals surface area contributed by atoms with Gasteiger partial charge < -0.3 is 9.84 Å². The van der Waals surface area contributed by atoms with Crippen LogP contribution in [0.3, 0.4) is 0 Å². The summed E-state index contributed by atoms with van der Waals surface area (Å²) in [7, 11) is 1.90. The Hall–Kier alpha value is -2.96. The fraction of sp³-hybridized carbons (Fsp3) is 0.429. The molecule has 1 N–H and O–H groups in total. The molecule has 1 fully saturated rings. The topological polar surface area (TPSA) is 85.8 Å². The lowest BCUT2D eigenvalue weighted by molar-refractivity contribution is -0.121. The zero-order chi connectivity index (χ0) is 19.7. The summed E-state index contributed by atoms with van der Waals surface area (Å²) >= 11 is 0. The molecule has 2 aromatic heterocycles. The van der Waals surface area contributed by atoms with Crippen molar-refractivity contribution in [3.63, 3.8) is 0 Å². The Morgan fingerprint density at radius 1 is 1.29 bits per heavy atom. The Morgan fingerprint density at radius 2 is 2.07 bits per heavy atom. The van der Waals surface area contributed by atoms with E-state index in [0.717, 1.165) is 17.7 Å². The maximum atomic E-state index is 12.2. The minimum atomic E-state index is 0.00414. The third kappa shape index (κ3) is 4.13. The molecule has 1 aliphatic rings. The summed E-state index contributed by atoms with van der Waals surface area (Å²) in [5, 5.41) is 11.5. The zero-order valence-corrected chi connectivity index (χ0v) is 16.4. The van der Waals surface area contributed by atoms with E-state index in [1.165, 1.54) is 5.56 Å². The number of aromatic nitrogens is 4. The first-order valence-corrected chi connectivity index (χ1v) is 9.71. The van der Waals surface area contributed by atoms with Gasteiger partial charge in [-0.05, 0) is 24.0 Å². The first kappa shape index (κ1) is 18.4. The number of hydrogen-bond donors (Lipinski definition) is 1. The van der Waals surface area contributed by atoms with Gasteiger partial charge in [0.25, 0.3) is 0 Å². The van der Waals surface area contributed by atoms with Crippen molar-refractivity contribution >= 4 is 5.91 Å². The van der Waals surface area contributed by atoms with E-state index in [0.29, 0.717) is 36.4 Å². The number of amides is 1. The molecule has 4 rings (SSSR count). The van der Waals surface area contributed by atoms with Gasteiger partial charge in [0.05, 0.1) is 5.69 Å². The number of carbonyl (C=O) groups excluding carboxylic acids is 1. The second-order valence-corrected chi connectivity index (χ2v) is 7.72. The molecule has 1 amide bonds. The molecule has 1 aromatic carbocycles. The molecule has 1 aliphatic carbocycles. The second-order valence-electron chi connectivity index (χ2n) is 7.72. The number of rotatable bonds is 7. The number of nitrogens with one attached hydrogen (secondary N) is 1. The molecule has 0 radical (unpaired) electrons. The Bertz CT molecular complexity index is 957. The average Bonchev–Trinajstić information content (AvgIpc) is 3.07. The SMILES string of the molecule is CC(C)c1ccc(-c2noc(CCC(=O)N[C@@H]3C[C@H]3c3ccn(C)n3)n2)cc1. The van der Waals surface area contributed by atoms with E-state index in [1.807, 2.05) is 31.4 Å². The van der Waals surface area contributed by atoms with Crippen LogP contribution in [-0.4, -0.2) is 31.9 Å². The maximum Gasteiger partial charge on any atom is 0.227 e. The van der Waals surface area contributed by atoms with Crippen molar-refractivity contribution in [1.29, 1.82) is 0 Å². The fourth-order valence-electron chi connectivity index (χ4n) is 3.30. The van der Waals surface area contributed by atoms with Gasteiger partial charge in [-0.25, -0.2) is 0 Å². The average molecular weight is 379 g/mol. The summed E-state index contributed by atoms with van der Waals surface area (Å²) in [6, 6.07) is 10.3. The lowest BCUT2D eigenvalue weighted by Crippen LogP contribution is -2.26. The molecular formula is C21H25N5O2. The van der Waals surface area contributed by atoms with Crippen LogP contribution in [-0.2, 0) is 18.3 Å². The highest BCUT2D eigenvalue weighted by Crippen LogP contribution is 2.39. The highest BCUT2D eigenvalue weighted by atomic mass is 16.5. The van der Waals surface area contributed by atoms with E-state index in [1.54, 1.807) is 4.68 Å². The first-order chi connectivity index (χ1) is 13.5. The van der Waals surface area contributed by atoms with Crippen LogP contribution in [0.5, 0.6) is 0 Å². The summed E-state index contributed by atoms with van der Waals surface area (Å²) < 4.78 is 7.09. The van der Waals surface area contributed by atoms with Crippen molar-refractivity contribution in [2.24, 2.45) is 7.05 Å². The van der Waals surface area contributed by atoms with Crippen LogP contribution in [0.2, 0.25) is 0 Å². The molecule has 0 aliphatic heterocycles. The minimum absolute atomic E-state index is 0.00414. The van der Waals surface area contributed by atoms with Gasteiger partial charge in [0.1, 0.15) is 0 Å². The second kappa shape index (κ2) is 7.58. The van der Waals surface area contributed by atoms with Crippen LogP contribution in [0.4, 0.5) is 0 Å². The van der Waals surface area contributed by atoms with Crippen molar-refractivity contribution in [3.05, 3.63) is 53.7 Å². The van der Waals surface area contributed by atoms with Crippen LogP contribution in [0, 0.1) is 0 Å². The molecule has 0 unspecified atom stereocenters. The van der Waals surface area contributed by atoms with Crippen molar-refractivity contribution in [2.75, 3.05) is 0 Å². The highest BCUT2D eigenvalue weighted by Gasteiger charge is 2.41. The van der Waals surface area contributed by atoms with E-state index >= 15 is 0 Å². The van der Waals surface area contributed by atoms with Gasteiger partial charge >= 0.3 is 0 Å². The summed E-state index contributed by atoms with van der Waals surface area (Å²) in [6.45, 7) is 4.32. The van der Waals surface area contributed by atoms with Crippen LogP contribution in [0.1, 0.15) is 55.7 Å². The molecule has 3 aromatic rings. The highest BCUT2D eigenvalue weighted by molar-refractivity contribution is 5.77. The van der Waals surface area contributed by atoms with E-state index < -0.39 is 0 Å². The van der Waals surface area contributed by atoms with Crippen molar-refractivity contribution < 1.29 is 9.32 Å². The van der Waals surface area contributed by atoms with Gasteiger partial charge in [-0.1, -0.05) is 43.3 Å². The summed E-state index contributed by atoms with van der Waals surface area (Å²) in [5.41, 5.74) is 3.23. The first-order valence-electron chi connectivity index (χ1n) is 9.71. The van der Waals surface area contributed by atoms with E-state index in [9.17, 15) is 4.79 Å². The van der Waals surface area contributed by atoms with Gasteiger partial charge in [-0.2, -0.15) is 10.1 Å². The molecule has 0 bridgehead atoms. The van der Waals surface area contributed by atoms with Gasteiger partial charge in [-0.15, -0.1) is 0 Å². The lowest BCUT2D eigenvalue weighted by atomic mass is 10.0. The van der Waals surface area contributed by atoms with E-state index in [-0.39, 0.29) is 11.9 Å². The summed E-state index contributed by atoms with van der Waals surface area (Å²) in [6.07, 6.45) is 3.64. The van der Waals surface area contributed by atoms with Gasteiger partial charge in [0.15, 0.2) is 0 Å². The Kier molecular flexibility index (Phi) is 4.98. The monoisotopic (exact) mass is 379 g/mol. The van der Waals surface area contributed by atoms with Gasteiger partial charge in [0, 0.05) is 43.6 Å². The third-order valence-corrected chi connectivity index (χ3v) is 5.12. The Balaban J connectivity index is 1.27. The predicted molar refractivity (Wildman–Crippen MR) is 105 cm³/mol. The number of carbonyl (C=O) groups is 1. The predicted octanol–water partition coefficient (Wildman–Crippen LogP) is 3.20. The minimum Gasteiger partial charge on any atom is -0.353 e. The molecule has 0 spiro atoms. The molecule has 28 heavy (non-hydrogen) atoms. The number of aryl methyl sites for hydroxylation is 2. The largest absolute Gasteiger partial charge is 0.353 e. The fourth-order valence-corrected chi connectivity index (χ4v) is 3.30. The summed E-state index contributed by atoms with van der Waals surface area (Å²) in [4.78, 5) is 16.6. The molecule has 1 saturated carbocycles. The van der Waals surface area contributed by atoms with Crippen LogP contribution in [0.25, 0.3) is 11.4 Å².